The molecule has 152 valence electrons. The number of nitrogens with one attached hydrogen (secondary N) is 2. The average molecular weight is 441 g/mol. The van der Waals surface area contributed by atoms with E-state index in [2.05, 4.69) is 10.6 Å². The van der Waals surface area contributed by atoms with Crippen molar-refractivity contribution in [1.82, 2.24) is 0 Å². The lowest BCUT2D eigenvalue weighted by atomic mass is 10.0. The molecule has 0 heterocycles. The van der Waals surface area contributed by atoms with Crippen LogP contribution in [0.5, 0.6) is 0 Å². The number of amides is 2. The van der Waals surface area contributed by atoms with E-state index in [0.29, 0.717) is 33.1 Å². The smallest absolute Gasteiger partial charge is 0.307 e. The molecule has 4 N–H and O–H groups in total. The van der Waals surface area contributed by atoms with Crippen molar-refractivity contribution in [2.24, 2.45) is 5.14 Å². The maximum absolute atomic E-state index is 12.6. The summed E-state index contributed by atoms with van der Waals surface area (Å²) in [6.45, 7) is 1.77. The number of urea groups is 1. The summed E-state index contributed by atoms with van der Waals surface area (Å²) >= 11 is 6.09. The van der Waals surface area contributed by atoms with Crippen molar-refractivity contribution in [3.05, 3.63) is 76.8 Å². The summed E-state index contributed by atoms with van der Waals surface area (Å²) in [5.41, 5.74) is 2.45. The molecule has 0 aliphatic carbocycles. The van der Waals surface area contributed by atoms with Crippen molar-refractivity contribution in [2.75, 3.05) is 10.6 Å². The van der Waals surface area contributed by atoms with E-state index in [1.807, 2.05) is 6.07 Å². The number of carbonyl (C=O) groups excluding carboxylic acids is 1. The van der Waals surface area contributed by atoms with E-state index >= 15 is 0 Å². The fourth-order valence-corrected chi connectivity index (χ4v) is 3.83. The number of nitrogens with zero attached hydrogens (tertiary/aromatic N) is 1. The second-order valence-corrected chi connectivity index (χ2v) is 8.34. The normalized spacial score (nSPS) is 10.9. The lowest BCUT2D eigenvalue weighted by Gasteiger charge is -2.15. The van der Waals surface area contributed by atoms with Crippen LogP contribution >= 0.6 is 11.6 Å². The number of anilines is 2. The van der Waals surface area contributed by atoms with Gasteiger partial charge in [-0.05, 0) is 48.9 Å². The highest BCUT2D eigenvalue weighted by Crippen LogP contribution is 2.33. The Bertz CT molecular complexity index is 1280. The van der Waals surface area contributed by atoms with Gasteiger partial charge in [0.05, 0.1) is 22.2 Å². The predicted octanol–water partition coefficient (Wildman–Crippen LogP) is 4.48. The molecule has 0 radical (unpaired) electrons. The highest BCUT2D eigenvalue weighted by atomic mass is 35.5. The molecule has 3 aromatic carbocycles. The molecule has 3 rings (SSSR count). The summed E-state index contributed by atoms with van der Waals surface area (Å²) in [7, 11) is -4.03. The van der Waals surface area contributed by atoms with Crippen LogP contribution in [-0.2, 0) is 10.0 Å². The highest BCUT2D eigenvalue weighted by molar-refractivity contribution is 7.89. The molecule has 0 aromatic heterocycles. The average Bonchev–Trinajstić information content (AvgIpc) is 2.71. The molecule has 2 amide bonds. The van der Waals surface area contributed by atoms with Crippen LogP contribution in [0, 0.1) is 18.3 Å². The molecule has 0 spiro atoms. The molecule has 0 bridgehead atoms. The van der Waals surface area contributed by atoms with Gasteiger partial charge in [-0.1, -0.05) is 35.9 Å². The Morgan fingerprint density at radius 2 is 1.70 bits per heavy atom. The second kappa shape index (κ2) is 8.55. The number of sulfonamides is 1. The summed E-state index contributed by atoms with van der Waals surface area (Å²) < 4.78 is 24.1. The maximum Gasteiger partial charge on any atom is 0.323 e. The minimum Gasteiger partial charge on any atom is -0.307 e. The predicted molar refractivity (Wildman–Crippen MR) is 117 cm³/mol. The number of primary sulfonamides is 1. The summed E-state index contributed by atoms with van der Waals surface area (Å²) in [6, 6.07) is 17.2. The van der Waals surface area contributed by atoms with E-state index in [9.17, 15) is 18.5 Å². The number of rotatable bonds is 4. The molecule has 30 heavy (non-hydrogen) atoms. The van der Waals surface area contributed by atoms with Gasteiger partial charge in [0.1, 0.15) is 0 Å². The van der Waals surface area contributed by atoms with Crippen LogP contribution in [0.4, 0.5) is 16.2 Å². The molecule has 0 aliphatic rings. The Morgan fingerprint density at radius 1 is 1.00 bits per heavy atom. The van der Waals surface area contributed by atoms with Crippen LogP contribution in [0.2, 0.25) is 5.02 Å². The van der Waals surface area contributed by atoms with Gasteiger partial charge in [0.15, 0.2) is 0 Å². The zero-order valence-corrected chi connectivity index (χ0v) is 17.4. The van der Waals surface area contributed by atoms with Crippen molar-refractivity contribution < 1.29 is 13.2 Å². The van der Waals surface area contributed by atoms with Gasteiger partial charge in [0.2, 0.25) is 10.0 Å². The number of hydrogen-bond donors (Lipinski definition) is 3. The van der Waals surface area contributed by atoms with E-state index in [-0.39, 0.29) is 10.5 Å². The van der Waals surface area contributed by atoms with Gasteiger partial charge in [0, 0.05) is 21.8 Å². The summed E-state index contributed by atoms with van der Waals surface area (Å²) in [5, 5.41) is 20.5. The number of halogens is 1. The lowest BCUT2D eigenvalue weighted by molar-refractivity contribution is 0.262. The van der Waals surface area contributed by atoms with E-state index in [0.717, 1.165) is 0 Å². The first-order valence-corrected chi connectivity index (χ1v) is 10.6. The Hall–Kier alpha value is -3.38. The molecule has 0 saturated carbocycles. The molecule has 0 unspecified atom stereocenters. The van der Waals surface area contributed by atoms with Crippen LogP contribution in [0.3, 0.4) is 0 Å². The quantitative estimate of drug-likeness (QED) is 0.553. The van der Waals surface area contributed by atoms with Gasteiger partial charge in [-0.25, -0.2) is 18.4 Å². The van der Waals surface area contributed by atoms with Crippen molar-refractivity contribution in [1.29, 1.82) is 5.26 Å². The van der Waals surface area contributed by atoms with Crippen LogP contribution in [0.1, 0.15) is 11.1 Å². The van der Waals surface area contributed by atoms with Gasteiger partial charge in [0.25, 0.3) is 0 Å². The Labute approximate surface area is 179 Å². The monoisotopic (exact) mass is 440 g/mol. The number of nitrogens with two attached hydrogens (primary N) is 1. The summed E-state index contributed by atoms with van der Waals surface area (Å²) in [6.07, 6.45) is 0. The van der Waals surface area contributed by atoms with Crippen molar-refractivity contribution >= 4 is 39.0 Å². The Balaban J connectivity index is 2.03. The van der Waals surface area contributed by atoms with Gasteiger partial charge in [-0.2, -0.15) is 5.26 Å². The van der Waals surface area contributed by atoms with E-state index in [1.165, 1.54) is 24.3 Å². The second-order valence-electron chi connectivity index (χ2n) is 6.40. The SMILES string of the molecule is Cc1c(Cl)cccc1NC(=O)Nc1ccc(C#N)cc1-c1ccccc1S(N)(=O)=O. The molecular formula is C21H17ClN4O3S. The van der Waals surface area contributed by atoms with Gasteiger partial charge < -0.3 is 10.6 Å². The first-order valence-electron chi connectivity index (χ1n) is 8.70. The topological polar surface area (TPSA) is 125 Å². The Kier molecular flexibility index (Phi) is 6.08. The standard InChI is InChI=1S/C21H17ClN4O3S/c1-13-17(22)6-4-7-18(13)25-21(27)26-19-10-9-14(12-23)11-16(19)15-5-2-3-8-20(15)30(24,28)29/h2-11H,1H3,(H2,24,28,29)(H2,25,26,27). The maximum atomic E-state index is 12.6. The zero-order valence-electron chi connectivity index (χ0n) is 15.8. The molecule has 0 fully saturated rings. The van der Waals surface area contributed by atoms with Crippen molar-refractivity contribution in [3.8, 4) is 17.2 Å². The largest absolute Gasteiger partial charge is 0.323 e. The van der Waals surface area contributed by atoms with Crippen LogP contribution in [0.25, 0.3) is 11.1 Å². The molecule has 9 heteroatoms. The van der Waals surface area contributed by atoms with E-state index in [4.69, 9.17) is 16.7 Å². The number of carbonyl (C=O) groups is 1. The molecule has 0 aliphatic heterocycles. The van der Waals surface area contributed by atoms with Gasteiger partial charge >= 0.3 is 6.03 Å². The third kappa shape index (κ3) is 4.60. The minimum atomic E-state index is -4.03. The van der Waals surface area contributed by atoms with Crippen LogP contribution in [-0.4, -0.2) is 14.4 Å². The number of nitriles is 1. The number of benzene rings is 3. The summed E-state index contributed by atoms with van der Waals surface area (Å²) in [4.78, 5) is 12.5. The van der Waals surface area contributed by atoms with Crippen LogP contribution in [0.15, 0.2) is 65.6 Å². The summed E-state index contributed by atoms with van der Waals surface area (Å²) in [5.74, 6) is 0. The van der Waals surface area contributed by atoms with Gasteiger partial charge in [-0.15, -0.1) is 0 Å². The first-order chi connectivity index (χ1) is 14.2. The van der Waals surface area contributed by atoms with E-state index in [1.54, 1.807) is 43.3 Å². The lowest BCUT2D eigenvalue weighted by Crippen LogP contribution is -2.20. The first kappa shape index (κ1) is 21.3. The molecule has 7 nitrogen and oxygen atoms in total. The van der Waals surface area contributed by atoms with Crippen LogP contribution < -0.4 is 15.8 Å². The molecule has 0 saturated heterocycles. The molecule has 0 atom stereocenters. The third-order valence-corrected chi connectivity index (χ3v) is 5.78. The van der Waals surface area contributed by atoms with E-state index < -0.39 is 16.1 Å². The molecular weight excluding hydrogens is 424 g/mol. The number of hydrogen-bond acceptors (Lipinski definition) is 4. The fourth-order valence-electron chi connectivity index (χ4n) is 2.90. The van der Waals surface area contributed by atoms with Crippen molar-refractivity contribution in [2.45, 2.75) is 11.8 Å². The van der Waals surface area contributed by atoms with Crippen molar-refractivity contribution in [3.63, 3.8) is 0 Å². The Morgan fingerprint density at radius 3 is 2.40 bits per heavy atom. The minimum absolute atomic E-state index is 0.116. The zero-order chi connectivity index (χ0) is 21.9. The molecule has 3 aromatic rings. The third-order valence-electron chi connectivity index (χ3n) is 4.40. The fraction of sp³-hybridized carbons (Fsp3) is 0.0476. The highest BCUT2D eigenvalue weighted by Gasteiger charge is 2.18. The van der Waals surface area contributed by atoms with Gasteiger partial charge in [-0.3, -0.25) is 0 Å².